The minimum atomic E-state index is -0.457. The first-order valence-electron chi connectivity index (χ1n) is 8.97. The van der Waals surface area contributed by atoms with Gasteiger partial charge >= 0.3 is 23.1 Å². The van der Waals surface area contributed by atoms with Gasteiger partial charge in [-0.05, 0) is 23.0 Å². The molecule has 0 aromatic heterocycles. The summed E-state index contributed by atoms with van der Waals surface area (Å²) in [5.41, 5.74) is -1.83. The molecule has 0 heterocycles. The van der Waals surface area contributed by atoms with Crippen molar-refractivity contribution in [1.29, 1.82) is 0 Å². The van der Waals surface area contributed by atoms with E-state index in [-0.39, 0.29) is 46.1 Å². The number of hydrogen-bond donors (Lipinski definition) is 0. The minimum absolute atomic E-state index is 0. The summed E-state index contributed by atoms with van der Waals surface area (Å²) in [4.78, 5) is 22.9. The Labute approximate surface area is 182 Å². The molecule has 0 aliphatic heterocycles. The fourth-order valence-corrected chi connectivity index (χ4v) is 1.10. The van der Waals surface area contributed by atoms with E-state index in [9.17, 15) is 19.8 Å². The summed E-state index contributed by atoms with van der Waals surface area (Å²) in [6.07, 6.45) is 2.44. The third-order valence-corrected chi connectivity index (χ3v) is 3.48. The fourth-order valence-electron chi connectivity index (χ4n) is 1.10. The Kier molecular flexibility index (Phi) is 12.2. The average Bonchev–Trinajstić information content (AvgIpc) is 2.34. The smallest absolute Gasteiger partial charge is 0.875 e. The van der Waals surface area contributed by atoms with Gasteiger partial charge in [-0.2, -0.15) is 0 Å². The maximum atomic E-state index is 11.4. The Morgan fingerprint density at radius 1 is 0.519 bits per heavy atom. The molecule has 27 heavy (non-hydrogen) atoms. The quantitative estimate of drug-likeness (QED) is 0.411. The van der Waals surface area contributed by atoms with Gasteiger partial charge in [0.1, 0.15) is 0 Å². The van der Waals surface area contributed by atoms with Crippen LogP contribution in [-0.2, 0) is 9.59 Å². The standard InChI is InChI=1S/2C11H20O2.Mg/c2*1-10(2,3)8(12)7-9(13)11(4,5)6;/h2*7,12H,1-6H3;/q;;+2/p-2/b2*8-7-;. The normalized spacial score (nSPS) is 13.9. The molecule has 0 unspecified atom stereocenters. The van der Waals surface area contributed by atoms with Crippen LogP contribution in [0.2, 0.25) is 0 Å². The van der Waals surface area contributed by atoms with E-state index >= 15 is 0 Å². The van der Waals surface area contributed by atoms with Crippen molar-refractivity contribution < 1.29 is 19.8 Å². The second-order valence-corrected chi connectivity index (χ2v) is 10.7. The maximum absolute atomic E-state index is 11.4. The number of carbonyl (C=O) groups is 2. The predicted octanol–water partition coefficient (Wildman–Crippen LogP) is 3.40. The zero-order valence-electron chi connectivity index (χ0n) is 19.5. The van der Waals surface area contributed by atoms with Gasteiger partial charge in [-0.3, -0.25) is 9.59 Å². The summed E-state index contributed by atoms with van der Waals surface area (Å²) in [6.45, 7) is 21.7. The Hall–Kier alpha value is -0.814. The van der Waals surface area contributed by atoms with Crippen LogP contribution >= 0.6 is 0 Å². The summed E-state index contributed by atoms with van der Waals surface area (Å²) in [5, 5.41) is 22.9. The van der Waals surface area contributed by atoms with E-state index in [4.69, 9.17) is 0 Å². The van der Waals surface area contributed by atoms with E-state index in [1.807, 2.05) is 83.1 Å². The fraction of sp³-hybridized carbons (Fsp3) is 0.727. The van der Waals surface area contributed by atoms with Crippen LogP contribution in [0.25, 0.3) is 0 Å². The van der Waals surface area contributed by atoms with Gasteiger partial charge in [0.25, 0.3) is 0 Å². The van der Waals surface area contributed by atoms with Crippen LogP contribution in [0.1, 0.15) is 83.1 Å². The van der Waals surface area contributed by atoms with Crippen LogP contribution in [0.5, 0.6) is 0 Å². The molecule has 0 aromatic rings. The maximum Gasteiger partial charge on any atom is 2.00 e. The Morgan fingerprint density at radius 2 is 0.704 bits per heavy atom. The van der Waals surface area contributed by atoms with E-state index in [0.29, 0.717) is 0 Å². The largest absolute Gasteiger partial charge is 2.00 e. The minimum Gasteiger partial charge on any atom is -0.875 e. The second-order valence-electron chi connectivity index (χ2n) is 10.7. The van der Waals surface area contributed by atoms with Crippen LogP contribution in [0.4, 0.5) is 0 Å². The van der Waals surface area contributed by atoms with Crippen LogP contribution in [0.15, 0.2) is 23.7 Å². The van der Waals surface area contributed by atoms with Crippen molar-refractivity contribution in [3.63, 3.8) is 0 Å². The molecule has 0 radical (unpaired) electrons. The second kappa shape index (κ2) is 10.7. The molecule has 4 nitrogen and oxygen atoms in total. The molecular formula is C22H38MgO4. The van der Waals surface area contributed by atoms with Crippen molar-refractivity contribution in [3.8, 4) is 0 Å². The van der Waals surface area contributed by atoms with Crippen LogP contribution in [-0.4, -0.2) is 34.6 Å². The van der Waals surface area contributed by atoms with Gasteiger partial charge in [0, 0.05) is 10.8 Å². The first-order valence-corrected chi connectivity index (χ1v) is 8.97. The van der Waals surface area contributed by atoms with Gasteiger partial charge < -0.3 is 10.2 Å². The van der Waals surface area contributed by atoms with Crippen LogP contribution in [0, 0.1) is 21.7 Å². The van der Waals surface area contributed by atoms with Gasteiger partial charge in [0.05, 0.1) is 0 Å². The summed E-state index contributed by atoms with van der Waals surface area (Å²) < 4.78 is 0. The molecule has 0 saturated heterocycles. The Morgan fingerprint density at radius 3 is 0.815 bits per heavy atom. The average molecular weight is 391 g/mol. The molecule has 5 heteroatoms. The SMILES string of the molecule is CC(C)(C)C(=O)/C=C(\[O-])C(C)(C)C.CC(C)(C)C(=O)/C=C(\[O-])C(C)(C)C.[Mg+2]. The molecule has 0 spiro atoms. The predicted molar refractivity (Wildman–Crippen MR) is 110 cm³/mol. The van der Waals surface area contributed by atoms with E-state index in [0.717, 1.165) is 0 Å². The zero-order valence-corrected chi connectivity index (χ0v) is 20.9. The molecule has 0 saturated carbocycles. The van der Waals surface area contributed by atoms with Crippen molar-refractivity contribution in [3.05, 3.63) is 23.7 Å². The van der Waals surface area contributed by atoms with E-state index in [2.05, 4.69) is 0 Å². The van der Waals surface area contributed by atoms with E-state index in [1.165, 1.54) is 12.2 Å². The van der Waals surface area contributed by atoms with Crippen molar-refractivity contribution in [2.24, 2.45) is 21.7 Å². The third-order valence-electron chi connectivity index (χ3n) is 3.48. The summed E-state index contributed by atoms with van der Waals surface area (Å²) in [6, 6.07) is 0. The topological polar surface area (TPSA) is 80.3 Å². The van der Waals surface area contributed by atoms with Crippen molar-refractivity contribution in [2.75, 3.05) is 0 Å². The molecule has 0 aromatic carbocycles. The molecular weight excluding hydrogens is 353 g/mol. The monoisotopic (exact) mass is 390 g/mol. The first-order chi connectivity index (χ1) is 11.1. The number of hydrogen-bond acceptors (Lipinski definition) is 4. The molecule has 0 amide bonds. The van der Waals surface area contributed by atoms with Crippen molar-refractivity contribution in [1.82, 2.24) is 0 Å². The zero-order chi connectivity index (χ0) is 21.7. The van der Waals surface area contributed by atoms with Crippen molar-refractivity contribution >= 4 is 34.6 Å². The molecule has 0 rings (SSSR count). The van der Waals surface area contributed by atoms with Gasteiger partial charge in [0.15, 0.2) is 11.6 Å². The first kappa shape index (κ1) is 30.9. The van der Waals surface area contributed by atoms with Gasteiger partial charge in [-0.1, -0.05) is 83.1 Å². The molecule has 0 bridgehead atoms. The van der Waals surface area contributed by atoms with E-state index in [1.54, 1.807) is 0 Å². The Balaban J connectivity index is -0.000000411. The van der Waals surface area contributed by atoms with Crippen LogP contribution < -0.4 is 10.2 Å². The van der Waals surface area contributed by atoms with Crippen molar-refractivity contribution in [2.45, 2.75) is 83.1 Å². The summed E-state index contributed by atoms with van der Waals surface area (Å²) >= 11 is 0. The van der Waals surface area contributed by atoms with E-state index < -0.39 is 21.7 Å². The van der Waals surface area contributed by atoms with Gasteiger partial charge in [0.2, 0.25) is 0 Å². The number of rotatable bonds is 2. The molecule has 152 valence electrons. The number of ketones is 2. The number of carbonyl (C=O) groups excluding carboxylic acids is 2. The molecule has 0 aliphatic rings. The van der Waals surface area contributed by atoms with Gasteiger partial charge in [-0.25, -0.2) is 0 Å². The van der Waals surface area contributed by atoms with Crippen LogP contribution in [0.3, 0.4) is 0 Å². The molecule has 0 aliphatic carbocycles. The van der Waals surface area contributed by atoms with Gasteiger partial charge in [-0.15, -0.1) is 11.5 Å². The molecule has 0 fully saturated rings. The Bertz CT molecular complexity index is 505. The third kappa shape index (κ3) is 13.9. The molecule has 0 N–H and O–H groups in total. The summed E-state index contributed by atoms with van der Waals surface area (Å²) in [7, 11) is 0. The molecule has 0 atom stereocenters. The summed E-state index contributed by atoms with van der Waals surface area (Å²) in [5.74, 6) is -0.417. The number of allylic oxidation sites excluding steroid dienone is 4.